The Hall–Kier alpha value is -1.75. The lowest BCUT2D eigenvalue weighted by Crippen LogP contribution is -2.21. The van der Waals surface area contributed by atoms with Gasteiger partial charge in [-0.15, -0.1) is 0 Å². The van der Waals surface area contributed by atoms with Gasteiger partial charge in [-0.05, 0) is 31.0 Å². The van der Waals surface area contributed by atoms with E-state index in [4.69, 9.17) is 15.6 Å². The minimum atomic E-state index is -0.958. The van der Waals surface area contributed by atoms with Crippen LogP contribution in [0.15, 0.2) is 18.2 Å². The molecule has 0 spiro atoms. The predicted molar refractivity (Wildman–Crippen MR) is 79.1 cm³/mol. The van der Waals surface area contributed by atoms with E-state index in [1.54, 1.807) is 12.1 Å². The highest BCUT2D eigenvalue weighted by atomic mass is 16.5. The van der Waals surface area contributed by atoms with Crippen molar-refractivity contribution < 1.29 is 14.6 Å². The molecular formula is C15H22N2O3. The van der Waals surface area contributed by atoms with Crippen molar-refractivity contribution in [2.45, 2.75) is 38.2 Å². The van der Waals surface area contributed by atoms with E-state index < -0.39 is 5.97 Å². The molecule has 1 aromatic carbocycles. The van der Waals surface area contributed by atoms with Crippen LogP contribution in [0.3, 0.4) is 0 Å². The van der Waals surface area contributed by atoms with Crippen LogP contribution in [0.5, 0.6) is 0 Å². The number of anilines is 2. The number of nitrogen functional groups attached to an aromatic ring is 1. The van der Waals surface area contributed by atoms with Gasteiger partial charge in [-0.2, -0.15) is 0 Å². The van der Waals surface area contributed by atoms with Crippen molar-refractivity contribution in [3.63, 3.8) is 0 Å². The first-order valence-corrected chi connectivity index (χ1v) is 7.15. The quantitative estimate of drug-likeness (QED) is 0.550. The molecule has 110 valence electrons. The number of hydrogen-bond donors (Lipinski definition) is 3. The molecule has 0 heterocycles. The number of nitrogens with one attached hydrogen (secondary N) is 1. The van der Waals surface area contributed by atoms with Crippen molar-refractivity contribution in [3.05, 3.63) is 23.8 Å². The number of nitrogens with two attached hydrogens (primary N) is 1. The molecule has 2 rings (SSSR count). The monoisotopic (exact) mass is 278 g/mol. The van der Waals surface area contributed by atoms with E-state index in [1.165, 1.54) is 25.3 Å². The summed E-state index contributed by atoms with van der Waals surface area (Å²) in [5, 5.41) is 12.2. The van der Waals surface area contributed by atoms with Crippen LogP contribution >= 0.6 is 0 Å². The van der Waals surface area contributed by atoms with Crippen molar-refractivity contribution in [3.8, 4) is 0 Å². The van der Waals surface area contributed by atoms with E-state index in [-0.39, 0.29) is 5.56 Å². The maximum absolute atomic E-state index is 11.1. The zero-order valence-electron chi connectivity index (χ0n) is 11.6. The second-order valence-corrected chi connectivity index (χ2v) is 5.17. The summed E-state index contributed by atoms with van der Waals surface area (Å²) in [6.45, 7) is 1.17. The Morgan fingerprint density at radius 2 is 2.10 bits per heavy atom. The zero-order chi connectivity index (χ0) is 14.4. The van der Waals surface area contributed by atoms with Crippen LogP contribution in [-0.2, 0) is 4.74 Å². The fraction of sp³-hybridized carbons (Fsp3) is 0.533. The molecule has 1 fully saturated rings. The largest absolute Gasteiger partial charge is 0.478 e. The highest BCUT2D eigenvalue weighted by Crippen LogP contribution is 2.21. The molecule has 5 heteroatoms. The van der Waals surface area contributed by atoms with Gasteiger partial charge >= 0.3 is 5.97 Å². The molecule has 1 aromatic rings. The van der Waals surface area contributed by atoms with E-state index in [0.29, 0.717) is 30.6 Å². The van der Waals surface area contributed by atoms with E-state index in [9.17, 15) is 4.79 Å². The summed E-state index contributed by atoms with van der Waals surface area (Å²) in [6.07, 6.45) is 6.44. The molecule has 0 atom stereocenters. The number of carbonyl (C=O) groups is 1. The van der Waals surface area contributed by atoms with Gasteiger partial charge in [-0.1, -0.05) is 19.3 Å². The molecule has 5 nitrogen and oxygen atoms in total. The maximum atomic E-state index is 11.1. The Morgan fingerprint density at radius 3 is 2.80 bits per heavy atom. The second-order valence-electron chi connectivity index (χ2n) is 5.17. The molecule has 1 aliphatic rings. The fourth-order valence-corrected chi connectivity index (χ4v) is 2.54. The number of rotatable bonds is 6. The van der Waals surface area contributed by atoms with E-state index >= 15 is 0 Å². The first-order chi connectivity index (χ1) is 9.66. The number of ether oxygens (including phenoxy) is 1. The molecular weight excluding hydrogens is 256 g/mol. The third-order valence-electron chi connectivity index (χ3n) is 3.60. The summed E-state index contributed by atoms with van der Waals surface area (Å²) in [7, 11) is 0. The van der Waals surface area contributed by atoms with Gasteiger partial charge in [0.1, 0.15) is 0 Å². The highest BCUT2D eigenvalue weighted by Gasteiger charge is 2.13. The van der Waals surface area contributed by atoms with Crippen LogP contribution in [0.2, 0.25) is 0 Å². The van der Waals surface area contributed by atoms with Crippen molar-refractivity contribution in [1.29, 1.82) is 0 Å². The normalized spacial score (nSPS) is 16.0. The van der Waals surface area contributed by atoms with Gasteiger partial charge in [0.25, 0.3) is 0 Å². The summed E-state index contributed by atoms with van der Waals surface area (Å²) < 4.78 is 5.79. The van der Waals surface area contributed by atoms with E-state index in [0.717, 1.165) is 12.8 Å². The minimum absolute atomic E-state index is 0.233. The molecule has 0 saturated heterocycles. The molecule has 0 bridgehead atoms. The van der Waals surface area contributed by atoms with Crippen molar-refractivity contribution >= 4 is 17.3 Å². The Labute approximate surface area is 119 Å². The van der Waals surface area contributed by atoms with Crippen molar-refractivity contribution in [2.75, 3.05) is 24.2 Å². The van der Waals surface area contributed by atoms with Crippen LogP contribution in [-0.4, -0.2) is 30.3 Å². The van der Waals surface area contributed by atoms with Gasteiger partial charge in [0, 0.05) is 12.2 Å². The smallest absolute Gasteiger partial charge is 0.337 e. The standard InChI is InChI=1S/C15H22N2O3/c16-11-6-7-13(15(18)19)14(10-11)17-8-9-20-12-4-2-1-3-5-12/h6-7,10,12,17H,1-5,8-9,16H2,(H,18,19). The highest BCUT2D eigenvalue weighted by molar-refractivity contribution is 5.95. The lowest BCUT2D eigenvalue weighted by atomic mass is 9.98. The van der Waals surface area contributed by atoms with Gasteiger partial charge in [0.15, 0.2) is 0 Å². The number of carboxylic acids is 1. The molecule has 4 N–H and O–H groups in total. The summed E-state index contributed by atoms with van der Waals surface area (Å²) >= 11 is 0. The van der Waals surface area contributed by atoms with Crippen LogP contribution < -0.4 is 11.1 Å². The van der Waals surface area contributed by atoms with Gasteiger partial charge in [-0.25, -0.2) is 4.79 Å². The SMILES string of the molecule is Nc1ccc(C(=O)O)c(NCCOC2CCCCC2)c1. The molecule has 0 aliphatic heterocycles. The second kappa shape index (κ2) is 7.14. The van der Waals surface area contributed by atoms with E-state index in [1.807, 2.05) is 0 Å². The number of aromatic carboxylic acids is 1. The Bertz CT molecular complexity index is 456. The van der Waals surface area contributed by atoms with Crippen LogP contribution in [0, 0.1) is 0 Å². The fourth-order valence-electron chi connectivity index (χ4n) is 2.54. The molecule has 0 radical (unpaired) electrons. The van der Waals surface area contributed by atoms with Gasteiger partial charge in [0.2, 0.25) is 0 Å². The minimum Gasteiger partial charge on any atom is -0.478 e. The molecule has 0 unspecified atom stereocenters. The average molecular weight is 278 g/mol. The number of benzene rings is 1. The van der Waals surface area contributed by atoms with Crippen molar-refractivity contribution in [2.24, 2.45) is 0 Å². The zero-order valence-corrected chi connectivity index (χ0v) is 11.6. The summed E-state index contributed by atoms with van der Waals surface area (Å²) in [4.78, 5) is 11.1. The predicted octanol–water partition coefficient (Wildman–Crippen LogP) is 2.73. The Kier molecular flexibility index (Phi) is 5.24. The summed E-state index contributed by atoms with van der Waals surface area (Å²) in [5.41, 5.74) is 7.01. The molecule has 20 heavy (non-hydrogen) atoms. The molecule has 1 aliphatic carbocycles. The van der Waals surface area contributed by atoms with Gasteiger partial charge < -0.3 is 20.9 Å². The Balaban J connectivity index is 1.81. The van der Waals surface area contributed by atoms with Gasteiger partial charge in [0.05, 0.1) is 24.0 Å². The third kappa shape index (κ3) is 4.13. The van der Waals surface area contributed by atoms with E-state index in [2.05, 4.69) is 5.32 Å². The Morgan fingerprint density at radius 1 is 1.35 bits per heavy atom. The lowest BCUT2D eigenvalue weighted by molar-refractivity contribution is 0.0347. The number of carboxylic acid groups (broad SMARTS) is 1. The third-order valence-corrected chi connectivity index (χ3v) is 3.60. The average Bonchev–Trinajstić information content (AvgIpc) is 2.44. The summed E-state index contributed by atoms with van der Waals surface area (Å²) in [6, 6.07) is 4.75. The molecule has 0 amide bonds. The number of hydrogen-bond acceptors (Lipinski definition) is 4. The van der Waals surface area contributed by atoms with Crippen molar-refractivity contribution in [1.82, 2.24) is 0 Å². The first kappa shape index (κ1) is 14.7. The van der Waals surface area contributed by atoms with Crippen LogP contribution in [0.25, 0.3) is 0 Å². The summed E-state index contributed by atoms with van der Waals surface area (Å²) in [5.74, 6) is -0.958. The molecule has 0 aromatic heterocycles. The topological polar surface area (TPSA) is 84.6 Å². The maximum Gasteiger partial charge on any atom is 0.337 e. The molecule has 1 saturated carbocycles. The van der Waals surface area contributed by atoms with Gasteiger partial charge in [-0.3, -0.25) is 0 Å². The lowest BCUT2D eigenvalue weighted by Gasteiger charge is -2.22. The first-order valence-electron chi connectivity index (χ1n) is 7.15. The van der Waals surface area contributed by atoms with Crippen LogP contribution in [0.4, 0.5) is 11.4 Å². The van der Waals surface area contributed by atoms with Crippen LogP contribution in [0.1, 0.15) is 42.5 Å².